The first-order chi connectivity index (χ1) is 4.54. The number of nitrogens with two attached hydrogens (primary N) is 2. The molecule has 0 spiro atoms. The van der Waals surface area contributed by atoms with Gasteiger partial charge in [0.2, 0.25) is 5.91 Å². The van der Waals surface area contributed by atoms with Crippen molar-refractivity contribution < 1.29 is 4.79 Å². The number of primary amides is 1. The third-order valence-corrected chi connectivity index (χ3v) is 0.804. The number of carbonyl (C=O) groups excluding carboxylic acids is 1. The van der Waals surface area contributed by atoms with Crippen LogP contribution in [0.5, 0.6) is 0 Å². The fourth-order valence-corrected chi connectivity index (χ4v) is 0. The summed E-state index contributed by atoms with van der Waals surface area (Å²) in [5.41, 5.74) is 10.7. The Morgan fingerprint density at radius 2 is 1.70 bits per heavy atom. The molecule has 3 heteroatoms. The van der Waals surface area contributed by atoms with Gasteiger partial charge in [0.1, 0.15) is 0 Å². The highest BCUT2D eigenvalue weighted by Gasteiger charge is 1.77. The number of rotatable bonds is 1. The van der Waals surface area contributed by atoms with E-state index in [1.807, 2.05) is 19.9 Å². The van der Waals surface area contributed by atoms with Gasteiger partial charge in [-0.15, -0.1) is 0 Å². The van der Waals surface area contributed by atoms with Gasteiger partial charge in [-0.2, -0.15) is 0 Å². The molecule has 1 amide bonds. The molecule has 10 heavy (non-hydrogen) atoms. The monoisotopic (exact) mass is 144 g/mol. The number of allylic oxidation sites excluding steroid dienone is 2. The minimum Gasteiger partial charge on any atom is -0.403 e. The third-order valence-electron chi connectivity index (χ3n) is 0.804. The summed E-state index contributed by atoms with van der Waals surface area (Å²) in [7, 11) is 0. The minimum atomic E-state index is -0.245. The van der Waals surface area contributed by atoms with Crippen LogP contribution in [0.25, 0.3) is 0 Å². The van der Waals surface area contributed by atoms with Gasteiger partial charge < -0.3 is 11.5 Å². The van der Waals surface area contributed by atoms with Gasteiger partial charge in [0.15, 0.2) is 0 Å². The van der Waals surface area contributed by atoms with Crippen molar-refractivity contribution in [3.63, 3.8) is 0 Å². The molecular formula is C7H16N2O. The number of amides is 1. The van der Waals surface area contributed by atoms with Crippen LogP contribution in [0.3, 0.4) is 0 Å². The maximum absolute atomic E-state index is 9.59. The Bertz CT molecular complexity index is 115. The molecule has 0 aliphatic rings. The van der Waals surface area contributed by atoms with E-state index in [4.69, 9.17) is 5.73 Å². The zero-order valence-corrected chi connectivity index (χ0v) is 6.85. The second-order valence-electron chi connectivity index (χ2n) is 1.85. The standard InChI is InChI=1S/C4H9N.C3H7NO/c1-3-4(2)5;1-2-3(4)5/h3H,5H2,1-2H3;2H2,1H3,(H2,4,5)/b4-3-;. The summed E-state index contributed by atoms with van der Waals surface area (Å²) in [6.07, 6.45) is 2.31. The van der Waals surface area contributed by atoms with Gasteiger partial charge >= 0.3 is 0 Å². The largest absolute Gasteiger partial charge is 0.403 e. The van der Waals surface area contributed by atoms with Gasteiger partial charge in [-0.1, -0.05) is 13.0 Å². The highest BCUT2D eigenvalue weighted by molar-refractivity contribution is 5.73. The van der Waals surface area contributed by atoms with E-state index in [0.29, 0.717) is 6.42 Å². The van der Waals surface area contributed by atoms with E-state index >= 15 is 0 Å². The Labute approximate surface area is 62.1 Å². The van der Waals surface area contributed by atoms with Crippen molar-refractivity contribution in [2.24, 2.45) is 11.5 Å². The SMILES string of the molecule is C/C=C(/C)N.CCC(N)=O. The topological polar surface area (TPSA) is 69.1 Å². The Hall–Kier alpha value is -0.990. The lowest BCUT2D eigenvalue weighted by molar-refractivity contribution is -0.117. The van der Waals surface area contributed by atoms with Crippen molar-refractivity contribution in [1.29, 1.82) is 0 Å². The van der Waals surface area contributed by atoms with Crippen molar-refractivity contribution in [3.05, 3.63) is 11.8 Å². The van der Waals surface area contributed by atoms with Gasteiger partial charge in [0.25, 0.3) is 0 Å². The summed E-state index contributed by atoms with van der Waals surface area (Å²) in [6, 6.07) is 0. The second-order valence-corrected chi connectivity index (χ2v) is 1.85. The summed E-state index contributed by atoms with van der Waals surface area (Å²) in [6.45, 7) is 5.50. The molecule has 0 rings (SSSR count). The smallest absolute Gasteiger partial charge is 0.217 e. The molecule has 3 nitrogen and oxygen atoms in total. The number of carbonyl (C=O) groups is 1. The maximum Gasteiger partial charge on any atom is 0.217 e. The quantitative estimate of drug-likeness (QED) is 0.570. The molecule has 0 aromatic carbocycles. The molecule has 0 heterocycles. The van der Waals surface area contributed by atoms with E-state index in [1.54, 1.807) is 6.92 Å². The van der Waals surface area contributed by atoms with Gasteiger partial charge in [-0.05, 0) is 13.8 Å². The molecule has 0 aromatic heterocycles. The van der Waals surface area contributed by atoms with E-state index in [2.05, 4.69) is 5.73 Å². The van der Waals surface area contributed by atoms with Crippen LogP contribution in [0.2, 0.25) is 0 Å². The van der Waals surface area contributed by atoms with Crippen molar-refractivity contribution >= 4 is 5.91 Å². The van der Waals surface area contributed by atoms with Crippen molar-refractivity contribution in [3.8, 4) is 0 Å². The van der Waals surface area contributed by atoms with E-state index < -0.39 is 0 Å². The van der Waals surface area contributed by atoms with Crippen LogP contribution in [0.4, 0.5) is 0 Å². The van der Waals surface area contributed by atoms with E-state index in [0.717, 1.165) is 5.70 Å². The molecule has 0 unspecified atom stereocenters. The van der Waals surface area contributed by atoms with Crippen molar-refractivity contribution in [1.82, 2.24) is 0 Å². The van der Waals surface area contributed by atoms with Crippen LogP contribution in [-0.2, 0) is 4.79 Å². The average molecular weight is 144 g/mol. The maximum atomic E-state index is 9.59. The Balaban J connectivity index is 0. The fraction of sp³-hybridized carbons (Fsp3) is 0.571. The summed E-state index contributed by atoms with van der Waals surface area (Å²) in [5, 5.41) is 0. The molecule has 0 aliphatic carbocycles. The zero-order valence-electron chi connectivity index (χ0n) is 6.85. The zero-order chi connectivity index (χ0) is 8.57. The molecular weight excluding hydrogens is 128 g/mol. The fourth-order valence-electron chi connectivity index (χ4n) is 0. The van der Waals surface area contributed by atoms with Crippen LogP contribution in [0.1, 0.15) is 27.2 Å². The number of hydrogen-bond acceptors (Lipinski definition) is 2. The molecule has 60 valence electrons. The van der Waals surface area contributed by atoms with Crippen molar-refractivity contribution in [2.45, 2.75) is 27.2 Å². The lowest BCUT2D eigenvalue weighted by Crippen LogP contribution is -2.06. The van der Waals surface area contributed by atoms with Gasteiger partial charge in [0.05, 0.1) is 0 Å². The van der Waals surface area contributed by atoms with E-state index in [1.165, 1.54) is 0 Å². The van der Waals surface area contributed by atoms with Crippen LogP contribution in [0, 0.1) is 0 Å². The van der Waals surface area contributed by atoms with Crippen LogP contribution in [-0.4, -0.2) is 5.91 Å². The van der Waals surface area contributed by atoms with Crippen LogP contribution >= 0.6 is 0 Å². The first kappa shape index (κ1) is 11.8. The highest BCUT2D eigenvalue weighted by atomic mass is 16.1. The first-order valence-electron chi connectivity index (χ1n) is 3.21. The van der Waals surface area contributed by atoms with Gasteiger partial charge in [-0.3, -0.25) is 4.79 Å². The summed E-state index contributed by atoms with van der Waals surface area (Å²) in [5.74, 6) is -0.245. The molecule has 4 N–H and O–H groups in total. The van der Waals surface area contributed by atoms with E-state index in [9.17, 15) is 4.79 Å². The van der Waals surface area contributed by atoms with Gasteiger partial charge in [0, 0.05) is 12.1 Å². The summed E-state index contributed by atoms with van der Waals surface area (Å²) >= 11 is 0. The van der Waals surface area contributed by atoms with Gasteiger partial charge in [-0.25, -0.2) is 0 Å². The summed E-state index contributed by atoms with van der Waals surface area (Å²) in [4.78, 5) is 9.59. The van der Waals surface area contributed by atoms with E-state index in [-0.39, 0.29) is 5.91 Å². The molecule has 0 saturated heterocycles. The predicted molar refractivity (Wildman–Crippen MR) is 43.1 cm³/mol. The molecule has 0 fully saturated rings. The van der Waals surface area contributed by atoms with Crippen LogP contribution in [0.15, 0.2) is 11.8 Å². The van der Waals surface area contributed by atoms with Crippen LogP contribution < -0.4 is 11.5 Å². The molecule has 0 aliphatic heterocycles. The molecule has 0 saturated carbocycles. The molecule has 0 radical (unpaired) electrons. The average Bonchev–Trinajstić information content (AvgIpc) is 1.89. The minimum absolute atomic E-state index is 0.245. The lowest BCUT2D eigenvalue weighted by atomic mass is 10.5. The lowest BCUT2D eigenvalue weighted by Gasteiger charge is -1.76. The molecule has 0 atom stereocenters. The Kier molecular flexibility index (Phi) is 9.42. The van der Waals surface area contributed by atoms with Crippen molar-refractivity contribution in [2.75, 3.05) is 0 Å². The highest BCUT2D eigenvalue weighted by Crippen LogP contribution is 1.71. The first-order valence-corrected chi connectivity index (χ1v) is 3.21. The normalized spacial score (nSPS) is 9.70. The Morgan fingerprint density at radius 1 is 1.50 bits per heavy atom. The third kappa shape index (κ3) is 27.9. The molecule has 0 aromatic rings. The Morgan fingerprint density at radius 3 is 1.70 bits per heavy atom. The predicted octanol–water partition coefficient (Wildman–Crippen LogP) is 0.751. The molecule has 0 bridgehead atoms. The second kappa shape index (κ2) is 8.01. The summed E-state index contributed by atoms with van der Waals surface area (Å²) < 4.78 is 0. The number of hydrogen-bond donors (Lipinski definition) is 2.